The van der Waals surface area contributed by atoms with Gasteiger partial charge in [-0.1, -0.05) is 31.5 Å². The van der Waals surface area contributed by atoms with Crippen LogP contribution >= 0.6 is 0 Å². The van der Waals surface area contributed by atoms with E-state index in [0.29, 0.717) is 6.42 Å². The fraction of sp³-hybridized carbons (Fsp3) is 0.333. The van der Waals surface area contributed by atoms with E-state index < -0.39 is 35.0 Å². The Morgan fingerprint density at radius 1 is 1.15 bits per heavy atom. The summed E-state index contributed by atoms with van der Waals surface area (Å²) in [4.78, 5) is 25.1. The summed E-state index contributed by atoms with van der Waals surface area (Å²) in [5.41, 5.74) is -1.87. The van der Waals surface area contributed by atoms with Gasteiger partial charge in [0.05, 0.1) is 24.7 Å². The number of fused-ring (bicyclic) bond motifs is 1. The van der Waals surface area contributed by atoms with Gasteiger partial charge in [0.25, 0.3) is 0 Å². The van der Waals surface area contributed by atoms with Gasteiger partial charge in [-0.3, -0.25) is 4.79 Å². The van der Waals surface area contributed by atoms with Crippen LogP contribution in [-0.2, 0) is 15.7 Å². The Morgan fingerprint density at radius 3 is 2.55 bits per heavy atom. The minimum atomic E-state index is -4.95. The summed E-state index contributed by atoms with van der Waals surface area (Å²) >= 11 is 0. The molecule has 1 heterocycles. The molecular weight excluding hydrogens is 441 g/mol. The van der Waals surface area contributed by atoms with E-state index in [9.17, 15) is 22.8 Å². The fourth-order valence-electron chi connectivity index (χ4n) is 3.23. The molecule has 0 bridgehead atoms. The number of hydrogen-bond donors (Lipinski definition) is 0. The summed E-state index contributed by atoms with van der Waals surface area (Å²) in [5, 5.41) is -0.0746. The molecule has 3 aromatic rings. The SMILES string of the molecule is CCCCOC(=O)C(C)Oc1ccc2c(=O)c(-c3ccccc3OC)c(C(F)(F)F)oc2c1. The van der Waals surface area contributed by atoms with Crippen LogP contribution in [-0.4, -0.2) is 25.8 Å². The maximum Gasteiger partial charge on any atom is 0.450 e. The lowest BCUT2D eigenvalue weighted by atomic mass is 10.0. The average molecular weight is 464 g/mol. The van der Waals surface area contributed by atoms with E-state index in [1.54, 1.807) is 6.07 Å². The van der Waals surface area contributed by atoms with Crippen LogP contribution in [0.2, 0.25) is 0 Å². The van der Waals surface area contributed by atoms with Crippen molar-refractivity contribution in [3.05, 3.63) is 58.4 Å². The van der Waals surface area contributed by atoms with Crippen molar-refractivity contribution in [2.24, 2.45) is 0 Å². The van der Waals surface area contributed by atoms with E-state index in [-0.39, 0.29) is 34.6 Å². The monoisotopic (exact) mass is 464 g/mol. The number of esters is 1. The Labute approximate surface area is 187 Å². The van der Waals surface area contributed by atoms with Gasteiger partial charge >= 0.3 is 12.1 Å². The molecule has 0 fully saturated rings. The third kappa shape index (κ3) is 5.30. The first kappa shape index (κ1) is 24.2. The van der Waals surface area contributed by atoms with Gasteiger partial charge in [-0.2, -0.15) is 13.2 Å². The molecule has 0 saturated carbocycles. The highest BCUT2D eigenvalue weighted by Gasteiger charge is 2.40. The number of alkyl halides is 3. The normalized spacial score (nSPS) is 12.4. The molecule has 0 aliphatic rings. The summed E-state index contributed by atoms with van der Waals surface area (Å²) in [6.07, 6.45) is -4.39. The van der Waals surface area contributed by atoms with E-state index in [1.165, 1.54) is 44.4 Å². The molecule has 3 rings (SSSR count). The number of carbonyl (C=O) groups excluding carboxylic acids is 1. The van der Waals surface area contributed by atoms with E-state index in [0.717, 1.165) is 12.5 Å². The average Bonchev–Trinajstić information content (AvgIpc) is 2.78. The summed E-state index contributed by atoms with van der Waals surface area (Å²) in [7, 11) is 1.30. The lowest BCUT2D eigenvalue weighted by Gasteiger charge is -2.16. The molecule has 0 spiro atoms. The zero-order valence-electron chi connectivity index (χ0n) is 18.3. The smallest absolute Gasteiger partial charge is 0.450 e. The molecule has 6 nitrogen and oxygen atoms in total. The second-order valence-electron chi connectivity index (χ2n) is 7.27. The van der Waals surface area contributed by atoms with Crippen molar-refractivity contribution in [1.29, 1.82) is 0 Å². The molecule has 1 unspecified atom stereocenters. The van der Waals surface area contributed by atoms with Crippen LogP contribution in [0.15, 0.2) is 51.7 Å². The van der Waals surface area contributed by atoms with E-state index in [4.69, 9.17) is 18.6 Å². The van der Waals surface area contributed by atoms with Crippen molar-refractivity contribution >= 4 is 16.9 Å². The Bertz CT molecular complexity index is 1200. The number of rotatable bonds is 8. The number of halogens is 3. The van der Waals surface area contributed by atoms with Gasteiger partial charge in [0.1, 0.15) is 17.1 Å². The summed E-state index contributed by atoms with van der Waals surface area (Å²) in [5.74, 6) is -1.89. The molecule has 0 radical (unpaired) electrons. The number of para-hydroxylation sites is 1. The molecule has 0 saturated heterocycles. The lowest BCUT2D eigenvalue weighted by Crippen LogP contribution is -2.26. The van der Waals surface area contributed by atoms with Crippen molar-refractivity contribution in [1.82, 2.24) is 0 Å². The highest BCUT2D eigenvalue weighted by atomic mass is 19.4. The van der Waals surface area contributed by atoms with Crippen LogP contribution < -0.4 is 14.9 Å². The Balaban J connectivity index is 2.06. The van der Waals surface area contributed by atoms with Crippen molar-refractivity contribution in [3.8, 4) is 22.6 Å². The third-order valence-electron chi connectivity index (χ3n) is 4.88. The zero-order valence-corrected chi connectivity index (χ0v) is 18.3. The molecule has 176 valence electrons. The van der Waals surface area contributed by atoms with E-state index in [2.05, 4.69) is 0 Å². The molecule has 2 aromatic carbocycles. The van der Waals surface area contributed by atoms with Crippen molar-refractivity contribution < 1.29 is 36.6 Å². The van der Waals surface area contributed by atoms with Crippen molar-refractivity contribution in [2.75, 3.05) is 13.7 Å². The molecule has 0 N–H and O–H groups in total. The first-order valence-corrected chi connectivity index (χ1v) is 10.3. The molecule has 0 amide bonds. The maximum absolute atomic E-state index is 13.9. The molecule has 33 heavy (non-hydrogen) atoms. The van der Waals surface area contributed by atoms with Crippen LogP contribution in [0.1, 0.15) is 32.4 Å². The van der Waals surface area contributed by atoms with Crippen LogP contribution in [0.4, 0.5) is 13.2 Å². The van der Waals surface area contributed by atoms with Crippen LogP contribution in [0.25, 0.3) is 22.1 Å². The minimum Gasteiger partial charge on any atom is -0.496 e. The maximum atomic E-state index is 13.9. The Morgan fingerprint density at radius 2 is 1.88 bits per heavy atom. The van der Waals surface area contributed by atoms with Gasteiger partial charge < -0.3 is 18.6 Å². The first-order valence-electron chi connectivity index (χ1n) is 10.3. The molecule has 9 heteroatoms. The van der Waals surface area contributed by atoms with Gasteiger partial charge in [0, 0.05) is 11.6 Å². The topological polar surface area (TPSA) is 75.0 Å². The number of unbranched alkanes of at least 4 members (excludes halogenated alkanes) is 1. The van der Waals surface area contributed by atoms with Crippen molar-refractivity contribution in [3.63, 3.8) is 0 Å². The molecule has 0 aliphatic heterocycles. The number of ether oxygens (including phenoxy) is 3. The van der Waals surface area contributed by atoms with Crippen molar-refractivity contribution in [2.45, 2.75) is 39.0 Å². The highest BCUT2D eigenvalue weighted by molar-refractivity contribution is 5.85. The van der Waals surface area contributed by atoms with Crippen LogP contribution in [0, 0.1) is 0 Å². The number of hydrogen-bond acceptors (Lipinski definition) is 6. The summed E-state index contributed by atoms with van der Waals surface area (Å²) in [6.45, 7) is 3.65. The van der Waals surface area contributed by atoms with Crippen LogP contribution in [0.5, 0.6) is 11.5 Å². The molecular formula is C24H23F3O6. The fourth-order valence-corrected chi connectivity index (χ4v) is 3.23. The predicted molar refractivity (Wildman–Crippen MR) is 115 cm³/mol. The number of carbonyl (C=O) groups is 1. The molecule has 0 aliphatic carbocycles. The quantitative estimate of drug-likeness (QED) is 0.319. The van der Waals surface area contributed by atoms with E-state index in [1.807, 2.05) is 6.92 Å². The lowest BCUT2D eigenvalue weighted by molar-refractivity contribution is -0.152. The first-order chi connectivity index (χ1) is 15.7. The number of benzene rings is 2. The molecule has 1 aromatic heterocycles. The highest BCUT2D eigenvalue weighted by Crippen LogP contribution is 2.40. The molecule has 1 atom stereocenters. The van der Waals surface area contributed by atoms with Gasteiger partial charge in [0.15, 0.2) is 6.10 Å². The van der Waals surface area contributed by atoms with Gasteiger partial charge in [-0.05, 0) is 31.5 Å². The van der Waals surface area contributed by atoms with Gasteiger partial charge in [-0.25, -0.2) is 4.79 Å². The summed E-state index contributed by atoms with van der Waals surface area (Å²) in [6, 6.07) is 9.72. The van der Waals surface area contributed by atoms with Gasteiger partial charge in [0.2, 0.25) is 11.2 Å². The summed E-state index contributed by atoms with van der Waals surface area (Å²) < 4.78 is 62.5. The van der Waals surface area contributed by atoms with Crippen LogP contribution in [0.3, 0.4) is 0 Å². The standard InChI is InChI=1S/C24H23F3O6/c1-4-5-12-31-23(29)14(2)32-15-10-11-17-19(13-15)33-22(24(25,26)27)20(21(17)28)16-8-6-7-9-18(16)30-3/h6-11,13-14H,4-5,12H2,1-3H3. The second-order valence-corrected chi connectivity index (χ2v) is 7.27. The van der Waals surface area contributed by atoms with Gasteiger partial charge in [-0.15, -0.1) is 0 Å². The largest absolute Gasteiger partial charge is 0.496 e. The van der Waals surface area contributed by atoms with E-state index >= 15 is 0 Å². The zero-order chi connectivity index (χ0) is 24.2. The second kappa shape index (κ2) is 9.97. The number of methoxy groups -OCH3 is 1. The third-order valence-corrected chi connectivity index (χ3v) is 4.88. The Kier molecular flexibility index (Phi) is 7.30. The minimum absolute atomic E-state index is 0.0354. The predicted octanol–water partition coefficient (Wildman–Crippen LogP) is 5.60. The Hall–Kier alpha value is -3.49.